The number of rotatable bonds is 3. The fraction of sp³-hybridized carbons (Fsp3) is 0.133. The van der Waals surface area contributed by atoms with Gasteiger partial charge < -0.3 is 15.7 Å². The monoisotopic (exact) mass is 322 g/mol. The van der Waals surface area contributed by atoms with Crippen LogP contribution in [0.5, 0.6) is 5.75 Å². The molecule has 0 aromatic heterocycles. The number of amides is 1. The first-order valence-electron chi connectivity index (χ1n) is 6.36. The Balaban J connectivity index is 1.78. The van der Waals surface area contributed by atoms with Crippen LogP contribution in [-0.4, -0.2) is 11.0 Å². The van der Waals surface area contributed by atoms with Gasteiger partial charge in [0.1, 0.15) is 5.75 Å². The van der Waals surface area contributed by atoms with Crippen molar-refractivity contribution >= 4 is 40.5 Å². The molecule has 2 aromatic rings. The molecule has 1 aliphatic rings. The van der Waals surface area contributed by atoms with Crippen molar-refractivity contribution in [1.82, 2.24) is 0 Å². The summed E-state index contributed by atoms with van der Waals surface area (Å²) in [4.78, 5) is 11.4. The van der Waals surface area contributed by atoms with E-state index in [4.69, 9.17) is 23.2 Å². The second kappa shape index (κ2) is 5.47. The van der Waals surface area contributed by atoms with Crippen LogP contribution in [0.3, 0.4) is 0 Å². The molecule has 0 saturated carbocycles. The SMILES string of the molecule is O=C1Cc2cc(NCc3ccc(O)c(Cl)c3)c(Cl)cc2N1. The van der Waals surface area contributed by atoms with Gasteiger partial charge in [0.05, 0.1) is 22.2 Å². The predicted molar refractivity (Wildman–Crippen MR) is 84.2 cm³/mol. The number of carbonyl (C=O) groups excluding carboxylic acids is 1. The summed E-state index contributed by atoms with van der Waals surface area (Å²) >= 11 is 12.1. The van der Waals surface area contributed by atoms with Crippen LogP contribution in [0, 0.1) is 0 Å². The van der Waals surface area contributed by atoms with E-state index in [9.17, 15) is 9.90 Å². The predicted octanol–water partition coefficient (Wildman–Crippen LogP) is 3.81. The Morgan fingerprint density at radius 3 is 2.76 bits per heavy atom. The highest BCUT2D eigenvalue weighted by molar-refractivity contribution is 6.33. The summed E-state index contributed by atoms with van der Waals surface area (Å²) in [5.74, 6) is 0.0316. The molecule has 1 heterocycles. The van der Waals surface area contributed by atoms with E-state index >= 15 is 0 Å². The molecule has 0 bridgehead atoms. The number of nitrogens with one attached hydrogen (secondary N) is 2. The van der Waals surface area contributed by atoms with Crippen LogP contribution in [0.2, 0.25) is 10.0 Å². The molecule has 0 saturated heterocycles. The summed E-state index contributed by atoms with van der Waals surface area (Å²) in [6.45, 7) is 0.514. The van der Waals surface area contributed by atoms with Gasteiger partial charge in [-0.15, -0.1) is 0 Å². The molecule has 4 nitrogen and oxygen atoms in total. The lowest BCUT2D eigenvalue weighted by Crippen LogP contribution is -2.03. The number of phenols is 1. The van der Waals surface area contributed by atoms with Gasteiger partial charge in [-0.2, -0.15) is 0 Å². The van der Waals surface area contributed by atoms with Crippen molar-refractivity contribution in [2.24, 2.45) is 0 Å². The van der Waals surface area contributed by atoms with E-state index in [0.29, 0.717) is 23.0 Å². The zero-order chi connectivity index (χ0) is 15.0. The number of phenolic OH excluding ortho intramolecular Hbond substituents is 1. The first-order valence-corrected chi connectivity index (χ1v) is 7.12. The zero-order valence-corrected chi connectivity index (χ0v) is 12.4. The molecule has 1 aliphatic heterocycles. The van der Waals surface area contributed by atoms with Crippen molar-refractivity contribution in [3.8, 4) is 5.75 Å². The number of benzene rings is 2. The minimum atomic E-state index is -0.0245. The second-order valence-electron chi connectivity index (χ2n) is 4.85. The summed E-state index contributed by atoms with van der Waals surface area (Å²) in [7, 11) is 0. The highest BCUT2D eigenvalue weighted by Crippen LogP contribution is 2.33. The van der Waals surface area contributed by atoms with Crippen molar-refractivity contribution in [2.75, 3.05) is 10.6 Å². The Morgan fingerprint density at radius 1 is 1.19 bits per heavy atom. The van der Waals surface area contributed by atoms with Crippen LogP contribution >= 0.6 is 23.2 Å². The van der Waals surface area contributed by atoms with E-state index in [1.807, 2.05) is 6.07 Å². The van der Waals surface area contributed by atoms with E-state index < -0.39 is 0 Å². The van der Waals surface area contributed by atoms with Gasteiger partial charge in [0, 0.05) is 12.2 Å². The van der Waals surface area contributed by atoms with Gasteiger partial charge in [0.25, 0.3) is 0 Å². The molecule has 3 rings (SSSR count). The third-order valence-corrected chi connectivity index (χ3v) is 3.93. The Morgan fingerprint density at radius 2 is 2.00 bits per heavy atom. The number of aromatic hydroxyl groups is 1. The maximum atomic E-state index is 11.4. The van der Waals surface area contributed by atoms with Crippen LogP contribution < -0.4 is 10.6 Å². The van der Waals surface area contributed by atoms with Crippen molar-refractivity contribution in [1.29, 1.82) is 0 Å². The summed E-state index contributed by atoms with van der Waals surface area (Å²) in [5.41, 5.74) is 3.37. The van der Waals surface area contributed by atoms with Gasteiger partial charge >= 0.3 is 0 Å². The molecule has 0 aliphatic carbocycles. The molecule has 0 atom stereocenters. The summed E-state index contributed by atoms with van der Waals surface area (Å²) in [5, 5.41) is 16.2. The Labute approximate surface area is 131 Å². The average molecular weight is 323 g/mol. The van der Waals surface area contributed by atoms with E-state index in [-0.39, 0.29) is 11.7 Å². The third-order valence-electron chi connectivity index (χ3n) is 3.31. The van der Waals surface area contributed by atoms with Gasteiger partial charge in [0.15, 0.2) is 0 Å². The highest BCUT2D eigenvalue weighted by atomic mass is 35.5. The van der Waals surface area contributed by atoms with Gasteiger partial charge in [-0.1, -0.05) is 29.3 Å². The Kier molecular flexibility index (Phi) is 3.66. The summed E-state index contributed by atoms with van der Waals surface area (Å²) in [6.07, 6.45) is 0.367. The van der Waals surface area contributed by atoms with Crippen LogP contribution in [0.1, 0.15) is 11.1 Å². The van der Waals surface area contributed by atoms with E-state index in [1.165, 1.54) is 0 Å². The Bertz CT molecular complexity index is 732. The van der Waals surface area contributed by atoms with E-state index in [2.05, 4.69) is 10.6 Å². The standard InChI is InChI=1S/C15H12Cl2N2O2/c16-10-6-12-9(5-15(21)19-12)4-13(10)18-7-8-1-2-14(20)11(17)3-8/h1-4,6,18,20H,5,7H2,(H,19,21). The lowest BCUT2D eigenvalue weighted by molar-refractivity contribution is -0.115. The van der Waals surface area contributed by atoms with E-state index in [0.717, 1.165) is 22.5 Å². The number of halogens is 2. The highest BCUT2D eigenvalue weighted by Gasteiger charge is 2.19. The van der Waals surface area contributed by atoms with Crippen LogP contribution in [0.25, 0.3) is 0 Å². The summed E-state index contributed by atoms with van der Waals surface area (Å²) in [6, 6.07) is 8.63. The van der Waals surface area contributed by atoms with Crippen molar-refractivity contribution in [2.45, 2.75) is 13.0 Å². The van der Waals surface area contributed by atoms with Gasteiger partial charge in [-0.05, 0) is 35.4 Å². The quantitative estimate of drug-likeness (QED) is 0.805. The van der Waals surface area contributed by atoms with Crippen LogP contribution in [0.4, 0.5) is 11.4 Å². The number of carbonyl (C=O) groups is 1. The van der Waals surface area contributed by atoms with Gasteiger partial charge in [0.2, 0.25) is 5.91 Å². The minimum Gasteiger partial charge on any atom is -0.506 e. The topological polar surface area (TPSA) is 61.4 Å². The number of fused-ring (bicyclic) bond motifs is 1. The molecule has 0 fully saturated rings. The van der Waals surface area contributed by atoms with Crippen molar-refractivity contribution < 1.29 is 9.90 Å². The van der Waals surface area contributed by atoms with Crippen molar-refractivity contribution in [3.05, 3.63) is 51.5 Å². The smallest absolute Gasteiger partial charge is 0.228 e. The van der Waals surface area contributed by atoms with Crippen LogP contribution in [-0.2, 0) is 17.8 Å². The zero-order valence-electron chi connectivity index (χ0n) is 10.9. The first-order chi connectivity index (χ1) is 10.0. The maximum Gasteiger partial charge on any atom is 0.228 e. The van der Waals surface area contributed by atoms with Gasteiger partial charge in [-0.3, -0.25) is 4.79 Å². The fourth-order valence-electron chi connectivity index (χ4n) is 2.24. The molecule has 0 radical (unpaired) electrons. The average Bonchev–Trinajstić information content (AvgIpc) is 2.79. The normalized spacial score (nSPS) is 13.0. The number of hydrogen-bond donors (Lipinski definition) is 3. The molecule has 3 N–H and O–H groups in total. The van der Waals surface area contributed by atoms with E-state index in [1.54, 1.807) is 24.3 Å². The molecule has 21 heavy (non-hydrogen) atoms. The number of anilines is 2. The molecule has 6 heteroatoms. The van der Waals surface area contributed by atoms with Crippen LogP contribution in [0.15, 0.2) is 30.3 Å². The van der Waals surface area contributed by atoms with Gasteiger partial charge in [-0.25, -0.2) is 0 Å². The third kappa shape index (κ3) is 2.91. The molecule has 1 amide bonds. The lowest BCUT2D eigenvalue weighted by Gasteiger charge is -2.11. The largest absolute Gasteiger partial charge is 0.506 e. The Hall–Kier alpha value is -1.91. The maximum absolute atomic E-state index is 11.4. The fourth-order valence-corrected chi connectivity index (χ4v) is 2.67. The minimum absolute atomic E-state index is 0.0245. The first kappa shape index (κ1) is 14.0. The number of hydrogen-bond acceptors (Lipinski definition) is 3. The van der Waals surface area contributed by atoms with Crippen molar-refractivity contribution in [3.63, 3.8) is 0 Å². The molecule has 0 unspecified atom stereocenters. The molecule has 108 valence electrons. The molecule has 0 spiro atoms. The molecular weight excluding hydrogens is 311 g/mol. The lowest BCUT2D eigenvalue weighted by atomic mass is 10.1. The second-order valence-corrected chi connectivity index (χ2v) is 5.67. The molecular formula is C15H12Cl2N2O2. The summed E-state index contributed by atoms with van der Waals surface area (Å²) < 4.78 is 0. The molecule has 2 aromatic carbocycles.